The van der Waals surface area contributed by atoms with Crippen LogP contribution >= 0.6 is 34.8 Å². The second-order valence-corrected chi connectivity index (χ2v) is 6.38. The number of halogens is 3. The molecule has 3 atom stereocenters. The lowest BCUT2D eigenvalue weighted by atomic mass is 10.3. The van der Waals surface area contributed by atoms with E-state index in [1.165, 1.54) is 6.92 Å². The Hall–Kier alpha value is -0.770. The summed E-state index contributed by atoms with van der Waals surface area (Å²) < 4.78 is 7.22. The van der Waals surface area contributed by atoms with Gasteiger partial charge < -0.3 is 20.1 Å². The van der Waals surface area contributed by atoms with Crippen LogP contribution in [0.2, 0.25) is 0 Å². The predicted molar refractivity (Wildman–Crippen MR) is 95.4 cm³/mol. The normalized spacial score (nSPS) is 15.0. The van der Waals surface area contributed by atoms with E-state index < -0.39 is 29.6 Å². The third kappa shape index (κ3) is 5.87. The van der Waals surface area contributed by atoms with Crippen molar-refractivity contribution >= 4 is 34.8 Å². The maximum Gasteiger partial charge on any atom is 0.331 e. The van der Waals surface area contributed by atoms with Crippen LogP contribution in [0.5, 0.6) is 5.75 Å². The highest BCUT2D eigenvalue weighted by molar-refractivity contribution is 6.18. The van der Waals surface area contributed by atoms with Gasteiger partial charge in [0.2, 0.25) is 5.75 Å². The Balaban J connectivity index is 3.43. The highest BCUT2D eigenvalue weighted by Crippen LogP contribution is 2.12. The Morgan fingerprint density at radius 2 is 1.40 bits per heavy atom. The molecule has 3 N–H and O–H groups in total. The highest BCUT2D eigenvalue weighted by atomic mass is 35.5. The zero-order valence-corrected chi connectivity index (χ0v) is 15.8. The number of ether oxygens (including phenoxy) is 1. The summed E-state index contributed by atoms with van der Waals surface area (Å²) >= 11 is 16.6. The molecule has 3 unspecified atom stereocenters. The summed E-state index contributed by atoms with van der Waals surface area (Å²) in [7, 11) is 0. The summed E-state index contributed by atoms with van der Waals surface area (Å²) in [5.74, 6) is -0.572. The first kappa shape index (κ1) is 22.3. The number of alkyl halides is 3. The van der Waals surface area contributed by atoms with Gasteiger partial charge in [-0.2, -0.15) is 0 Å². The lowest BCUT2D eigenvalue weighted by molar-refractivity contribution is 0.120. The van der Waals surface area contributed by atoms with Crippen molar-refractivity contribution in [3.05, 3.63) is 26.5 Å². The molecule has 0 fully saturated rings. The first-order valence-electron chi connectivity index (χ1n) is 7.45. The maximum atomic E-state index is 12.6. The number of hydrogen-bond donors (Lipinski definition) is 3. The molecule has 1 aromatic heterocycles. The fourth-order valence-corrected chi connectivity index (χ4v) is 2.35. The van der Waals surface area contributed by atoms with Crippen LogP contribution in [0.25, 0.3) is 0 Å². The van der Waals surface area contributed by atoms with Crippen molar-refractivity contribution in [3.8, 4) is 5.75 Å². The maximum absolute atomic E-state index is 12.6. The van der Waals surface area contributed by atoms with Crippen LogP contribution in [-0.2, 0) is 13.1 Å². The van der Waals surface area contributed by atoms with E-state index in [1.807, 2.05) is 0 Å². The molecule has 11 heteroatoms. The summed E-state index contributed by atoms with van der Waals surface area (Å²) in [6, 6.07) is 0. The molecule has 0 spiro atoms. The van der Waals surface area contributed by atoms with Crippen LogP contribution < -0.4 is 16.0 Å². The first-order valence-corrected chi connectivity index (χ1v) is 9.06. The van der Waals surface area contributed by atoms with Crippen molar-refractivity contribution in [2.45, 2.75) is 38.3 Å². The number of rotatable bonds is 10. The van der Waals surface area contributed by atoms with E-state index in [0.29, 0.717) is 0 Å². The average molecular weight is 420 g/mol. The van der Waals surface area contributed by atoms with Crippen LogP contribution in [0.3, 0.4) is 0 Å². The SMILES string of the molecule is Cc1c(OCC(O)CCl)c(=O)n(CC(O)CCl)c(=O)n1CC(O)CCl. The van der Waals surface area contributed by atoms with E-state index in [2.05, 4.69) is 0 Å². The first-order chi connectivity index (χ1) is 11.8. The van der Waals surface area contributed by atoms with Crippen LogP contribution in [0, 0.1) is 6.92 Å². The number of hydrogen-bond acceptors (Lipinski definition) is 6. The number of aliphatic hydroxyl groups excluding tert-OH is 3. The summed E-state index contributed by atoms with van der Waals surface area (Å²) in [5, 5.41) is 28.9. The molecule has 0 saturated carbocycles. The molecule has 0 radical (unpaired) electrons. The third-order valence-electron chi connectivity index (χ3n) is 3.38. The molecule has 144 valence electrons. The molecule has 8 nitrogen and oxygen atoms in total. The second kappa shape index (κ2) is 10.4. The van der Waals surface area contributed by atoms with Crippen molar-refractivity contribution in [3.63, 3.8) is 0 Å². The van der Waals surface area contributed by atoms with Crippen molar-refractivity contribution in [1.82, 2.24) is 9.13 Å². The van der Waals surface area contributed by atoms with Crippen LogP contribution in [0.15, 0.2) is 9.59 Å². The fraction of sp³-hybridized carbons (Fsp3) is 0.714. The van der Waals surface area contributed by atoms with E-state index in [4.69, 9.17) is 39.5 Å². The summed E-state index contributed by atoms with van der Waals surface area (Å²) in [5.41, 5.74) is -1.34. The monoisotopic (exact) mass is 418 g/mol. The molecule has 0 aliphatic rings. The molecular formula is C14H21Cl3N2O6. The Morgan fingerprint density at radius 3 is 1.88 bits per heavy atom. The molecule has 0 amide bonds. The Bertz CT molecular complexity index is 678. The van der Waals surface area contributed by atoms with Gasteiger partial charge in [-0.25, -0.2) is 4.79 Å². The second-order valence-electron chi connectivity index (χ2n) is 5.46. The smallest absolute Gasteiger partial charge is 0.331 e. The quantitative estimate of drug-likeness (QED) is 0.441. The minimum absolute atomic E-state index is 0.0944. The van der Waals surface area contributed by atoms with Gasteiger partial charge in [-0.1, -0.05) is 0 Å². The lowest BCUT2D eigenvalue weighted by Gasteiger charge is -2.20. The standard InChI is InChI=1S/C14H21Cl3N2O6/c1-8-12(25-7-11(22)4-17)13(23)19(6-10(21)3-16)14(24)18(8)5-9(20)2-15/h9-11,20-22H,2-7H2,1H3. The van der Waals surface area contributed by atoms with Gasteiger partial charge in [-0.05, 0) is 6.92 Å². The van der Waals surface area contributed by atoms with Gasteiger partial charge in [0, 0.05) is 0 Å². The Kier molecular flexibility index (Phi) is 9.26. The van der Waals surface area contributed by atoms with Gasteiger partial charge in [0.1, 0.15) is 12.7 Å². The van der Waals surface area contributed by atoms with E-state index in [1.54, 1.807) is 0 Å². The number of aliphatic hydroxyl groups is 3. The summed E-state index contributed by atoms with van der Waals surface area (Å²) in [6.07, 6.45) is -3.15. The van der Waals surface area contributed by atoms with Crippen molar-refractivity contribution < 1.29 is 20.1 Å². The molecule has 0 bridgehead atoms. The fourth-order valence-electron chi connectivity index (χ4n) is 2.06. The van der Waals surface area contributed by atoms with Crippen molar-refractivity contribution in [2.24, 2.45) is 0 Å². The van der Waals surface area contributed by atoms with Crippen molar-refractivity contribution in [2.75, 3.05) is 24.2 Å². The van der Waals surface area contributed by atoms with Gasteiger partial charge in [0.05, 0.1) is 48.6 Å². The zero-order valence-electron chi connectivity index (χ0n) is 13.6. The topological polar surface area (TPSA) is 114 Å². The molecule has 0 aliphatic carbocycles. The number of aromatic nitrogens is 2. The molecule has 1 heterocycles. The summed E-state index contributed by atoms with van der Waals surface area (Å²) in [6.45, 7) is 0.703. The average Bonchev–Trinajstić information content (AvgIpc) is 2.61. The van der Waals surface area contributed by atoms with Gasteiger partial charge >= 0.3 is 5.69 Å². The predicted octanol–water partition coefficient (Wildman–Crippen LogP) is -0.504. The molecule has 1 rings (SSSR count). The van der Waals surface area contributed by atoms with Gasteiger partial charge in [-0.15, -0.1) is 34.8 Å². The van der Waals surface area contributed by atoms with Gasteiger partial charge in [-0.3, -0.25) is 13.9 Å². The Morgan fingerprint density at radius 1 is 0.920 bits per heavy atom. The van der Waals surface area contributed by atoms with E-state index in [9.17, 15) is 24.9 Å². The molecular weight excluding hydrogens is 399 g/mol. The molecule has 25 heavy (non-hydrogen) atoms. The van der Waals surface area contributed by atoms with Gasteiger partial charge in [0.25, 0.3) is 5.56 Å². The van der Waals surface area contributed by atoms with Crippen LogP contribution in [0.4, 0.5) is 0 Å². The van der Waals surface area contributed by atoms with E-state index >= 15 is 0 Å². The molecule has 0 aliphatic heterocycles. The highest BCUT2D eigenvalue weighted by Gasteiger charge is 2.21. The van der Waals surface area contributed by atoms with Crippen LogP contribution in [-0.4, -0.2) is 67.0 Å². The molecule has 0 saturated heterocycles. The zero-order chi connectivity index (χ0) is 19.1. The molecule has 0 aromatic carbocycles. The minimum Gasteiger partial charge on any atom is -0.484 e. The minimum atomic E-state index is -1.12. The summed E-state index contributed by atoms with van der Waals surface area (Å²) in [4.78, 5) is 25.1. The Labute approximate surface area is 159 Å². The number of nitrogens with zero attached hydrogens (tertiary/aromatic N) is 2. The van der Waals surface area contributed by atoms with E-state index in [0.717, 1.165) is 9.13 Å². The van der Waals surface area contributed by atoms with Crippen LogP contribution in [0.1, 0.15) is 5.69 Å². The molecule has 1 aromatic rings. The largest absolute Gasteiger partial charge is 0.484 e. The van der Waals surface area contributed by atoms with Gasteiger partial charge in [0.15, 0.2) is 0 Å². The van der Waals surface area contributed by atoms with Crippen molar-refractivity contribution in [1.29, 1.82) is 0 Å². The third-order valence-corrected chi connectivity index (χ3v) is 4.44. The van der Waals surface area contributed by atoms with E-state index in [-0.39, 0.29) is 48.8 Å². The lowest BCUT2D eigenvalue weighted by Crippen LogP contribution is -2.45.